The molecular weight excluding hydrogens is 395 g/mol. The van der Waals surface area contributed by atoms with Gasteiger partial charge in [0.25, 0.3) is 0 Å². The molecule has 3 rings (SSSR count). The molecule has 1 aliphatic rings. The Morgan fingerprint density at radius 2 is 2.18 bits per heavy atom. The van der Waals surface area contributed by atoms with Gasteiger partial charge in [-0.05, 0) is 53.1 Å². The molecule has 1 amide bonds. The number of nitrogens with zero attached hydrogens (tertiary/aromatic N) is 1. The minimum absolute atomic E-state index is 0.126. The van der Waals surface area contributed by atoms with E-state index < -0.39 is 0 Å². The van der Waals surface area contributed by atoms with Crippen LogP contribution >= 0.6 is 22.6 Å². The topological polar surface area (TPSA) is 68.2 Å². The van der Waals surface area contributed by atoms with Crippen LogP contribution in [-0.4, -0.2) is 16.8 Å². The summed E-state index contributed by atoms with van der Waals surface area (Å²) in [5.41, 5.74) is 1.48. The Morgan fingerprint density at radius 1 is 1.45 bits per heavy atom. The van der Waals surface area contributed by atoms with Crippen LogP contribution in [0.2, 0.25) is 0 Å². The molecule has 0 unspecified atom stereocenters. The summed E-state index contributed by atoms with van der Waals surface area (Å²) in [6.45, 7) is 0. The molecule has 1 N–H and O–H groups in total. The van der Waals surface area contributed by atoms with Crippen LogP contribution in [0.1, 0.15) is 18.4 Å². The highest BCUT2D eigenvalue weighted by Gasteiger charge is 2.29. The summed E-state index contributed by atoms with van der Waals surface area (Å²) in [7, 11) is 1.80. The average Bonchev–Trinajstić information content (AvgIpc) is 3.34. The van der Waals surface area contributed by atoms with Crippen molar-refractivity contribution in [3.63, 3.8) is 0 Å². The first-order valence-electron chi connectivity index (χ1n) is 7.07. The smallest absolute Gasteiger partial charge is 0.212 e. The van der Waals surface area contributed by atoms with Crippen molar-refractivity contribution in [2.75, 3.05) is 5.32 Å². The number of carbonyl (C=O) groups excluding carboxylic acids is 2. The number of aromatic nitrogens is 1. The lowest BCUT2D eigenvalue weighted by Gasteiger charge is -2.14. The SMILES string of the molecule is Cn1c(NC=O)c(I)c(=O)c2cc(CC(=O)C3CC3)ccc21. The molecule has 1 saturated carbocycles. The molecule has 0 bridgehead atoms. The number of aryl methyl sites for hydroxylation is 1. The molecule has 5 nitrogen and oxygen atoms in total. The van der Waals surface area contributed by atoms with E-state index in [4.69, 9.17) is 0 Å². The van der Waals surface area contributed by atoms with E-state index in [1.165, 1.54) is 0 Å². The van der Waals surface area contributed by atoms with Gasteiger partial charge in [0.1, 0.15) is 15.2 Å². The molecule has 22 heavy (non-hydrogen) atoms. The van der Waals surface area contributed by atoms with E-state index in [-0.39, 0.29) is 17.1 Å². The number of anilines is 1. The van der Waals surface area contributed by atoms with Gasteiger partial charge in [0.2, 0.25) is 11.8 Å². The fraction of sp³-hybridized carbons (Fsp3) is 0.312. The summed E-state index contributed by atoms with van der Waals surface area (Å²) >= 11 is 1.94. The van der Waals surface area contributed by atoms with Crippen molar-refractivity contribution in [3.8, 4) is 0 Å². The third-order valence-corrected chi connectivity index (χ3v) is 5.02. The molecule has 1 aromatic heterocycles. The van der Waals surface area contributed by atoms with Crippen LogP contribution in [0.25, 0.3) is 10.9 Å². The highest BCUT2D eigenvalue weighted by Crippen LogP contribution is 2.31. The highest BCUT2D eigenvalue weighted by molar-refractivity contribution is 14.1. The molecule has 1 fully saturated rings. The lowest BCUT2D eigenvalue weighted by molar-refractivity contribution is -0.119. The summed E-state index contributed by atoms with van der Waals surface area (Å²) < 4.78 is 2.24. The van der Waals surface area contributed by atoms with Crippen LogP contribution in [0, 0.1) is 9.49 Å². The van der Waals surface area contributed by atoms with Crippen molar-refractivity contribution in [3.05, 3.63) is 37.6 Å². The number of fused-ring (bicyclic) bond motifs is 1. The van der Waals surface area contributed by atoms with Gasteiger partial charge in [-0.3, -0.25) is 14.4 Å². The standard InChI is InChI=1S/C16H15IN2O3/c1-19-12-5-2-9(7-13(21)10-3-4-10)6-11(12)15(22)14(17)16(19)18-8-20/h2,5-6,8,10H,3-4,7H2,1H3,(H,18,20). The van der Waals surface area contributed by atoms with Crippen molar-refractivity contribution in [1.29, 1.82) is 0 Å². The Bertz CT molecular complexity index is 837. The summed E-state index contributed by atoms with van der Waals surface area (Å²) in [5.74, 6) is 0.956. The fourth-order valence-electron chi connectivity index (χ4n) is 2.63. The van der Waals surface area contributed by atoms with Gasteiger partial charge in [0.05, 0.1) is 5.52 Å². The maximum absolute atomic E-state index is 12.5. The molecule has 1 aromatic carbocycles. The third kappa shape index (κ3) is 2.67. The Kier molecular flexibility index (Phi) is 4.03. The molecule has 0 atom stereocenters. The fourth-order valence-corrected chi connectivity index (χ4v) is 3.44. The zero-order chi connectivity index (χ0) is 15.9. The lowest BCUT2D eigenvalue weighted by atomic mass is 10.0. The maximum Gasteiger partial charge on any atom is 0.212 e. The number of benzene rings is 1. The van der Waals surface area contributed by atoms with Gasteiger partial charge in [-0.2, -0.15) is 0 Å². The number of ketones is 1. The van der Waals surface area contributed by atoms with Crippen LogP contribution in [0.15, 0.2) is 23.0 Å². The van der Waals surface area contributed by atoms with E-state index in [9.17, 15) is 14.4 Å². The van der Waals surface area contributed by atoms with Crippen molar-refractivity contribution in [2.24, 2.45) is 13.0 Å². The Labute approximate surface area is 140 Å². The van der Waals surface area contributed by atoms with E-state index in [1.54, 1.807) is 17.7 Å². The Hall–Kier alpha value is -1.70. The zero-order valence-corrected chi connectivity index (χ0v) is 14.2. The number of Topliss-reactive ketones (excluding diaryl/α,β-unsaturated/α-hetero) is 1. The number of rotatable bonds is 5. The molecular formula is C16H15IN2O3. The number of halogens is 1. The predicted octanol–water partition coefficient (Wildman–Crippen LogP) is 2.23. The van der Waals surface area contributed by atoms with Gasteiger partial charge < -0.3 is 9.88 Å². The number of hydrogen-bond acceptors (Lipinski definition) is 3. The lowest BCUT2D eigenvalue weighted by Crippen LogP contribution is -2.17. The normalized spacial score (nSPS) is 14.1. The minimum Gasteiger partial charge on any atom is -0.329 e. The van der Waals surface area contributed by atoms with Gasteiger partial charge in [-0.1, -0.05) is 6.07 Å². The summed E-state index contributed by atoms with van der Waals surface area (Å²) in [6.07, 6.45) is 2.93. The second-order valence-electron chi connectivity index (χ2n) is 5.58. The molecule has 6 heteroatoms. The molecule has 0 aliphatic heterocycles. The van der Waals surface area contributed by atoms with E-state index in [2.05, 4.69) is 5.32 Å². The largest absolute Gasteiger partial charge is 0.329 e. The van der Waals surface area contributed by atoms with E-state index >= 15 is 0 Å². The quantitative estimate of drug-likeness (QED) is 0.608. The van der Waals surface area contributed by atoms with Crippen molar-refractivity contribution in [1.82, 2.24) is 4.57 Å². The zero-order valence-electron chi connectivity index (χ0n) is 12.1. The molecule has 0 saturated heterocycles. The molecule has 2 aromatic rings. The van der Waals surface area contributed by atoms with Gasteiger partial charge >= 0.3 is 0 Å². The minimum atomic E-state index is -0.126. The molecule has 0 spiro atoms. The van der Waals surface area contributed by atoms with Crippen molar-refractivity contribution < 1.29 is 9.59 Å². The number of hydrogen-bond donors (Lipinski definition) is 1. The average molecular weight is 410 g/mol. The maximum atomic E-state index is 12.5. The first-order chi connectivity index (χ1) is 10.5. The Balaban J connectivity index is 2.10. The van der Waals surface area contributed by atoms with Crippen LogP contribution in [-0.2, 0) is 23.1 Å². The Morgan fingerprint density at radius 3 is 2.82 bits per heavy atom. The number of nitrogens with one attached hydrogen (secondary N) is 1. The van der Waals surface area contributed by atoms with Gasteiger partial charge in [-0.25, -0.2) is 0 Å². The predicted molar refractivity (Wildman–Crippen MR) is 93.0 cm³/mol. The van der Waals surface area contributed by atoms with E-state index in [0.717, 1.165) is 23.9 Å². The van der Waals surface area contributed by atoms with E-state index in [1.807, 2.05) is 34.7 Å². The van der Waals surface area contributed by atoms with Gasteiger partial charge in [0, 0.05) is 24.8 Å². The molecule has 1 aliphatic carbocycles. The van der Waals surface area contributed by atoms with Gasteiger partial charge in [-0.15, -0.1) is 0 Å². The summed E-state index contributed by atoms with van der Waals surface area (Å²) in [5, 5.41) is 3.14. The van der Waals surface area contributed by atoms with Crippen LogP contribution in [0.5, 0.6) is 0 Å². The summed E-state index contributed by atoms with van der Waals surface area (Å²) in [4.78, 5) is 35.1. The van der Waals surface area contributed by atoms with Crippen LogP contribution in [0.3, 0.4) is 0 Å². The first-order valence-corrected chi connectivity index (χ1v) is 8.15. The monoisotopic (exact) mass is 410 g/mol. The number of pyridine rings is 1. The number of carbonyl (C=O) groups is 2. The molecule has 0 radical (unpaired) electrons. The van der Waals surface area contributed by atoms with Crippen molar-refractivity contribution in [2.45, 2.75) is 19.3 Å². The molecule has 114 valence electrons. The second-order valence-corrected chi connectivity index (χ2v) is 6.66. The second kappa shape index (κ2) is 5.83. The third-order valence-electron chi connectivity index (χ3n) is 4.02. The van der Waals surface area contributed by atoms with Crippen LogP contribution < -0.4 is 10.7 Å². The van der Waals surface area contributed by atoms with Crippen LogP contribution in [0.4, 0.5) is 5.82 Å². The highest BCUT2D eigenvalue weighted by atomic mass is 127. The molecule has 1 heterocycles. The first kappa shape index (κ1) is 15.2. The van der Waals surface area contributed by atoms with E-state index in [0.29, 0.717) is 27.6 Å². The summed E-state index contributed by atoms with van der Waals surface area (Å²) in [6, 6.07) is 5.50. The number of amides is 1. The van der Waals surface area contributed by atoms with Crippen molar-refractivity contribution >= 4 is 51.5 Å². The van der Waals surface area contributed by atoms with Gasteiger partial charge in [0.15, 0.2) is 0 Å².